The second-order valence-electron chi connectivity index (χ2n) is 3.39. The summed E-state index contributed by atoms with van der Waals surface area (Å²) < 4.78 is 0.878. The van der Waals surface area contributed by atoms with E-state index in [0.717, 1.165) is 4.47 Å². The predicted molar refractivity (Wildman–Crippen MR) is 73.7 cm³/mol. The van der Waals surface area contributed by atoms with E-state index >= 15 is 0 Å². The number of hydrogen-bond acceptors (Lipinski definition) is 7. The van der Waals surface area contributed by atoms with Crippen LogP contribution < -0.4 is 16.8 Å². The van der Waals surface area contributed by atoms with E-state index in [4.69, 9.17) is 11.5 Å². The average Bonchev–Trinajstić information content (AvgIpc) is 2.28. The standard InChI is InChI=1S/C10H9BrN6O/c11-5-2-1-3-6(4-5)14-9-7(17-18)8(12)15-10(13)16-9/h1-4H,(H5,12,13,14,15,16). The number of nitrogens with zero attached hydrogens (tertiary/aromatic N) is 3. The summed E-state index contributed by atoms with van der Waals surface area (Å²) in [6.45, 7) is 0. The zero-order valence-corrected chi connectivity index (χ0v) is 10.7. The monoisotopic (exact) mass is 308 g/mol. The summed E-state index contributed by atoms with van der Waals surface area (Å²) in [5, 5.41) is 5.71. The van der Waals surface area contributed by atoms with Gasteiger partial charge in [-0.25, -0.2) is 0 Å². The van der Waals surface area contributed by atoms with Gasteiger partial charge in [-0.1, -0.05) is 22.0 Å². The fourth-order valence-corrected chi connectivity index (χ4v) is 1.77. The van der Waals surface area contributed by atoms with E-state index < -0.39 is 0 Å². The summed E-state index contributed by atoms with van der Waals surface area (Å²) in [5.41, 5.74) is 11.7. The average molecular weight is 309 g/mol. The van der Waals surface area contributed by atoms with Crippen LogP contribution in [0.5, 0.6) is 0 Å². The summed E-state index contributed by atoms with van der Waals surface area (Å²) in [6.07, 6.45) is 0. The SMILES string of the molecule is Nc1nc(N)c(N=O)c(Nc2cccc(Br)c2)n1. The summed E-state index contributed by atoms with van der Waals surface area (Å²) >= 11 is 3.33. The van der Waals surface area contributed by atoms with Gasteiger partial charge >= 0.3 is 0 Å². The van der Waals surface area contributed by atoms with Gasteiger partial charge in [0, 0.05) is 10.2 Å². The largest absolute Gasteiger partial charge is 0.382 e. The van der Waals surface area contributed by atoms with Crippen molar-refractivity contribution in [2.24, 2.45) is 5.18 Å². The van der Waals surface area contributed by atoms with Crippen LogP contribution in [-0.4, -0.2) is 9.97 Å². The zero-order chi connectivity index (χ0) is 13.1. The van der Waals surface area contributed by atoms with Gasteiger partial charge in [-0.05, 0) is 23.4 Å². The Hall–Kier alpha value is -2.22. The molecular weight excluding hydrogens is 300 g/mol. The topological polar surface area (TPSA) is 119 Å². The van der Waals surface area contributed by atoms with Crippen molar-refractivity contribution < 1.29 is 0 Å². The van der Waals surface area contributed by atoms with Crippen molar-refractivity contribution in [2.75, 3.05) is 16.8 Å². The maximum absolute atomic E-state index is 10.7. The van der Waals surface area contributed by atoms with Crippen molar-refractivity contribution >= 4 is 44.9 Å². The molecule has 7 nitrogen and oxygen atoms in total. The van der Waals surface area contributed by atoms with Crippen LogP contribution >= 0.6 is 15.9 Å². The predicted octanol–water partition coefficient (Wildman–Crippen LogP) is 2.54. The van der Waals surface area contributed by atoms with Crippen LogP contribution in [0.2, 0.25) is 0 Å². The van der Waals surface area contributed by atoms with Crippen LogP contribution in [0.3, 0.4) is 0 Å². The highest BCUT2D eigenvalue weighted by molar-refractivity contribution is 9.10. The first-order chi connectivity index (χ1) is 8.60. The van der Waals surface area contributed by atoms with E-state index in [-0.39, 0.29) is 23.3 Å². The molecule has 0 fully saturated rings. The van der Waals surface area contributed by atoms with Crippen molar-refractivity contribution in [1.29, 1.82) is 0 Å². The van der Waals surface area contributed by atoms with E-state index in [9.17, 15) is 4.91 Å². The number of hydrogen-bond donors (Lipinski definition) is 3. The second-order valence-corrected chi connectivity index (χ2v) is 4.31. The molecule has 0 aliphatic heterocycles. The maximum atomic E-state index is 10.7. The van der Waals surface area contributed by atoms with Crippen molar-refractivity contribution in [3.05, 3.63) is 33.6 Å². The number of nitrogens with two attached hydrogens (primary N) is 2. The molecule has 18 heavy (non-hydrogen) atoms. The molecule has 0 saturated heterocycles. The van der Waals surface area contributed by atoms with Crippen LogP contribution in [0.25, 0.3) is 0 Å². The first-order valence-corrected chi connectivity index (χ1v) is 5.68. The van der Waals surface area contributed by atoms with E-state index in [0.29, 0.717) is 5.69 Å². The molecule has 0 amide bonds. The van der Waals surface area contributed by atoms with Gasteiger partial charge in [0.25, 0.3) is 0 Å². The summed E-state index contributed by atoms with van der Waals surface area (Å²) in [4.78, 5) is 18.3. The lowest BCUT2D eigenvalue weighted by Crippen LogP contribution is -2.04. The number of nitroso groups, excluding NO2 is 1. The number of halogens is 1. The molecule has 0 aliphatic rings. The molecule has 1 aromatic heterocycles. The Bertz CT molecular complexity index is 603. The van der Waals surface area contributed by atoms with Gasteiger partial charge in [-0.15, -0.1) is 4.91 Å². The molecule has 0 radical (unpaired) electrons. The number of anilines is 4. The molecule has 0 spiro atoms. The molecule has 1 heterocycles. The molecule has 2 aromatic rings. The lowest BCUT2D eigenvalue weighted by Gasteiger charge is -2.09. The number of nitrogen functional groups attached to an aromatic ring is 2. The fraction of sp³-hybridized carbons (Fsp3) is 0. The van der Waals surface area contributed by atoms with Gasteiger partial charge < -0.3 is 16.8 Å². The molecule has 0 unspecified atom stereocenters. The van der Waals surface area contributed by atoms with E-state index in [2.05, 4.69) is 36.4 Å². The van der Waals surface area contributed by atoms with Gasteiger partial charge in [0.05, 0.1) is 0 Å². The number of aromatic nitrogens is 2. The van der Waals surface area contributed by atoms with Crippen molar-refractivity contribution in [3.63, 3.8) is 0 Å². The van der Waals surface area contributed by atoms with Crippen LogP contribution in [0.15, 0.2) is 33.9 Å². The minimum atomic E-state index is -0.0656. The number of benzene rings is 1. The van der Waals surface area contributed by atoms with Crippen LogP contribution in [-0.2, 0) is 0 Å². The summed E-state index contributed by atoms with van der Waals surface area (Å²) in [5.74, 6) is 0.0838. The Kier molecular flexibility index (Phi) is 3.38. The van der Waals surface area contributed by atoms with Crippen LogP contribution in [0, 0.1) is 4.91 Å². The first kappa shape index (κ1) is 12.2. The first-order valence-electron chi connectivity index (χ1n) is 4.89. The van der Waals surface area contributed by atoms with Gasteiger partial charge in [-0.3, -0.25) is 0 Å². The molecule has 8 heteroatoms. The molecule has 0 bridgehead atoms. The third-order valence-corrected chi connectivity index (χ3v) is 2.60. The Morgan fingerprint density at radius 1 is 1.28 bits per heavy atom. The molecule has 5 N–H and O–H groups in total. The minimum absolute atomic E-state index is 0.0302. The van der Waals surface area contributed by atoms with E-state index in [1.807, 2.05) is 18.2 Å². The van der Waals surface area contributed by atoms with Gasteiger partial charge in [-0.2, -0.15) is 9.97 Å². The molecule has 2 rings (SSSR count). The lowest BCUT2D eigenvalue weighted by molar-refractivity contribution is 1.18. The highest BCUT2D eigenvalue weighted by Crippen LogP contribution is 2.31. The third-order valence-electron chi connectivity index (χ3n) is 2.11. The Morgan fingerprint density at radius 3 is 2.72 bits per heavy atom. The quantitative estimate of drug-likeness (QED) is 0.749. The van der Waals surface area contributed by atoms with E-state index in [1.54, 1.807) is 6.07 Å². The number of rotatable bonds is 3. The molecule has 92 valence electrons. The van der Waals surface area contributed by atoms with Gasteiger partial charge in [0.1, 0.15) is 0 Å². The van der Waals surface area contributed by atoms with Crippen LogP contribution in [0.4, 0.5) is 29.0 Å². The smallest absolute Gasteiger partial charge is 0.224 e. The molecule has 1 aromatic carbocycles. The fourth-order valence-electron chi connectivity index (χ4n) is 1.37. The van der Waals surface area contributed by atoms with Crippen molar-refractivity contribution in [1.82, 2.24) is 9.97 Å². The molecule has 0 aliphatic carbocycles. The maximum Gasteiger partial charge on any atom is 0.224 e. The lowest BCUT2D eigenvalue weighted by atomic mass is 10.3. The van der Waals surface area contributed by atoms with Crippen molar-refractivity contribution in [3.8, 4) is 0 Å². The minimum Gasteiger partial charge on any atom is -0.382 e. The normalized spacial score (nSPS) is 10.1. The Labute approximate surface area is 111 Å². The van der Waals surface area contributed by atoms with Crippen LogP contribution in [0.1, 0.15) is 0 Å². The molecular formula is C10H9BrN6O. The summed E-state index contributed by atoms with van der Waals surface area (Å²) in [7, 11) is 0. The second kappa shape index (κ2) is 4.96. The van der Waals surface area contributed by atoms with Gasteiger partial charge in [0.15, 0.2) is 17.3 Å². The molecule has 0 saturated carbocycles. The Morgan fingerprint density at radius 2 is 2.06 bits per heavy atom. The zero-order valence-electron chi connectivity index (χ0n) is 9.09. The molecule has 0 atom stereocenters. The Balaban J connectivity index is 2.42. The third kappa shape index (κ3) is 2.54. The van der Waals surface area contributed by atoms with Crippen molar-refractivity contribution in [2.45, 2.75) is 0 Å². The highest BCUT2D eigenvalue weighted by atomic mass is 79.9. The summed E-state index contributed by atoms with van der Waals surface area (Å²) in [6, 6.07) is 7.30. The number of nitrogens with one attached hydrogen (secondary N) is 1. The van der Waals surface area contributed by atoms with E-state index in [1.165, 1.54) is 0 Å². The highest BCUT2D eigenvalue weighted by Gasteiger charge is 2.12. The van der Waals surface area contributed by atoms with Gasteiger partial charge in [0.2, 0.25) is 5.95 Å².